The average molecular weight is 184 g/mol. The van der Waals surface area contributed by atoms with Gasteiger partial charge < -0.3 is 4.79 Å². The summed E-state index contributed by atoms with van der Waals surface area (Å²) >= 11 is 2.04. The molecular weight excluding hydrogens is 168 g/mol. The molecule has 0 spiro atoms. The Bertz CT molecular complexity index is 159. The van der Waals surface area contributed by atoms with Crippen molar-refractivity contribution >= 4 is 18.0 Å². The van der Waals surface area contributed by atoms with Gasteiger partial charge in [-0.05, 0) is 36.7 Å². The van der Waals surface area contributed by atoms with Crippen molar-refractivity contribution in [3.8, 4) is 0 Å². The molecule has 2 heteroatoms. The molecule has 0 N–H and O–H groups in total. The van der Waals surface area contributed by atoms with Gasteiger partial charge in [0.05, 0.1) is 0 Å². The van der Waals surface area contributed by atoms with E-state index in [4.69, 9.17) is 0 Å². The number of carbonyl (C=O) groups is 1. The highest BCUT2D eigenvalue weighted by Gasteiger charge is 2.13. The zero-order valence-electron chi connectivity index (χ0n) is 7.42. The molecule has 0 aromatic heterocycles. The highest BCUT2D eigenvalue weighted by atomic mass is 32.2. The number of thioether (sulfide) groups is 1. The number of carbonyl (C=O) groups excluding carboxylic acids is 1. The van der Waals surface area contributed by atoms with Crippen molar-refractivity contribution < 1.29 is 4.79 Å². The van der Waals surface area contributed by atoms with Gasteiger partial charge in [0.2, 0.25) is 0 Å². The lowest BCUT2D eigenvalue weighted by atomic mass is 9.94. The predicted molar refractivity (Wildman–Crippen MR) is 54.5 cm³/mol. The first-order valence-electron chi connectivity index (χ1n) is 4.51. The third kappa shape index (κ3) is 3.44. The number of hydrogen-bond acceptors (Lipinski definition) is 2. The molecule has 1 aliphatic rings. The number of allylic oxidation sites excluding steroid dienone is 1. The van der Waals surface area contributed by atoms with E-state index in [0.717, 1.165) is 24.2 Å². The summed E-state index contributed by atoms with van der Waals surface area (Å²) in [6, 6.07) is 0. The van der Waals surface area contributed by atoms with Gasteiger partial charge in [-0.25, -0.2) is 0 Å². The lowest BCUT2D eigenvalue weighted by molar-refractivity contribution is -0.107. The van der Waals surface area contributed by atoms with Gasteiger partial charge in [-0.2, -0.15) is 11.8 Å². The Morgan fingerprint density at radius 3 is 2.75 bits per heavy atom. The van der Waals surface area contributed by atoms with Gasteiger partial charge in [0.1, 0.15) is 6.29 Å². The van der Waals surface area contributed by atoms with Gasteiger partial charge in [0, 0.05) is 6.42 Å². The van der Waals surface area contributed by atoms with Crippen LogP contribution in [0.2, 0.25) is 0 Å². The monoisotopic (exact) mass is 184 g/mol. The maximum atomic E-state index is 10.2. The van der Waals surface area contributed by atoms with E-state index in [1.54, 1.807) is 0 Å². The van der Waals surface area contributed by atoms with Crippen molar-refractivity contribution in [3.63, 3.8) is 0 Å². The summed E-state index contributed by atoms with van der Waals surface area (Å²) in [5.41, 5.74) is 1.11. The van der Waals surface area contributed by atoms with Gasteiger partial charge >= 0.3 is 0 Å². The van der Waals surface area contributed by atoms with Crippen LogP contribution in [0.5, 0.6) is 0 Å². The van der Waals surface area contributed by atoms with Crippen LogP contribution in [0.1, 0.15) is 25.7 Å². The Labute approximate surface area is 78.6 Å². The first-order chi connectivity index (χ1) is 5.83. The largest absolute Gasteiger partial charge is 0.303 e. The van der Waals surface area contributed by atoms with E-state index < -0.39 is 0 Å². The zero-order chi connectivity index (χ0) is 8.81. The van der Waals surface area contributed by atoms with Crippen LogP contribution in [0.15, 0.2) is 12.2 Å². The van der Waals surface area contributed by atoms with Crippen LogP contribution >= 0.6 is 11.8 Å². The molecule has 1 saturated heterocycles. The van der Waals surface area contributed by atoms with E-state index in [-0.39, 0.29) is 0 Å². The summed E-state index contributed by atoms with van der Waals surface area (Å²) in [4.78, 5) is 10.2. The summed E-state index contributed by atoms with van der Waals surface area (Å²) < 4.78 is 0. The molecule has 0 aromatic carbocycles. The van der Waals surface area contributed by atoms with Gasteiger partial charge in [0.15, 0.2) is 0 Å². The van der Waals surface area contributed by atoms with Gasteiger partial charge in [-0.3, -0.25) is 0 Å². The Morgan fingerprint density at radius 1 is 1.50 bits per heavy atom. The molecule has 0 bridgehead atoms. The smallest absolute Gasteiger partial charge is 0.124 e. The van der Waals surface area contributed by atoms with Gasteiger partial charge in [-0.1, -0.05) is 12.2 Å². The van der Waals surface area contributed by atoms with E-state index in [0.29, 0.717) is 6.42 Å². The molecule has 0 aromatic rings. The maximum absolute atomic E-state index is 10.2. The summed E-state index contributed by atoms with van der Waals surface area (Å²) in [6.07, 6.45) is 5.20. The second kappa shape index (κ2) is 5.41. The first-order valence-corrected chi connectivity index (χ1v) is 5.66. The molecule has 0 amide bonds. The van der Waals surface area contributed by atoms with Gasteiger partial charge in [0.25, 0.3) is 0 Å². The second-order valence-electron chi connectivity index (χ2n) is 3.38. The molecule has 1 heterocycles. The van der Waals surface area contributed by atoms with Crippen molar-refractivity contribution in [2.75, 3.05) is 11.5 Å². The Morgan fingerprint density at radius 2 is 2.17 bits per heavy atom. The minimum atomic E-state index is 0.559. The molecule has 1 aliphatic heterocycles. The fraction of sp³-hybridized carbons (Fsp3) is 0.700. The lowest BCUT2D eigenvalue weighted by Crippen LogP contribution is -2.10. The molecule has 1 rings (SSSR count). The highest BCUT2D eigenvalue weighted by Crippen LogP contribution is 2.27. The Kier molecular flexibility index (Phi) is 4.44. The van der Waals surface area contributed by atoms with Crippen molar-refractivity contribution in [2.45, 2.75) is 25.7 Å². The average Bonchev–Trinajstić information content (AvgIpc) is 2.06. The third-order valence-corrected chi connectivity index (χ3v) is 3.34. The molecular formula is C10H16OS. The molecule has 0 unspecified atom stereocenters. The standard InChI is InChI=1S/C10H16OS/c1-9(2-5-11)8-10-3-6-12-7-4-10/h5,10H,1-4,6-8H2. The van der Waals surface area contributed by atoms with E-state index in [1.807, 2.05) is 11.8 Å². The normalized spacial score (nSPS) is 19.0. The SMILES string of the molecule is C=C(CC=O)CC1CCSCC1. The highest BCUT2D eigenvalue weighted by molar-refractivity contribution is 7.99. The summed E-state index contributed by atoms with van der Waals surface area (Å²) in [7, 11) is 0. The van der Waals surface area contributed by atoms with E-state index in [1.165, 1.54) is 24.3 Å². The molecule has 0 saturated carbocycles. The summed E-state index contributed by atoms with van der Waals surface area (Å²) in [6.45, 7) is 3.90. The van der Waals surface area contributed by atoms with Crippen molar-refractivity contribution in [2.24, 2.45) is 5.92 Å². The molecule has 1 fully saturated rings. The lowest BCUT2D eigenvalue weighted by Gasteiger charge is -2.21. The summed E-state index contributed by atoms with van der Waals surface area (Å²) in [5, 5.41) is 0. The van der Waals surface area contributed by atoms with Crippen LogP contribution in [0.25, 0.3) is 0 Å². The van der Waals surface area contributed by atoms with Crippen molar-refractivity contribution in [1.82, 2.24) is 0 Å². The Balaban J connectivity index is 2.19. The van der Waals surface area contributed by atoms with E-state index >= 15 is 0 Å². The minimum absolute atomic E-state index is 0.559. The molecule has 0 atom stereocenters. The van der Waals surface area contributed by atoms with Crippen molar-refractivity contribution in [1.29, 1.82) is 0 Å². The fourth-order valence-corrected chi connectivity index (χ4v) is 2.76. The second-order valence-corrected chi connectivity index (χ2v) is 4.61. The number of aldehydes is 1. The third-order valence-electron chi connectivity index (χ3n) is 2.29. The maximum Gasteiger partial charge on any atom is 0.124 e. The minimum Gasteiger partial charge on any atom is -0.303 e. The molecule has 0 aliphatic carbocycles. The topological polar surface area (TPSA) is 17.1 Å². The van der Waals surface area contributed by atoms with Crippen molar-refractivity contribution in [3.05, 3.63) is 12.2 Å². The number of rotatable bonds is 4. The van der Waals surface area contributed by atoms with E-state index in [9.17, 15) is 4.79 Å². The van der Waals surface area contributed by atoms with Crippen LogP contribution in [-0.2, 0) is 4.79 Å². The molecule has 0 radical (unpaired) electrons. The summed E-state index contributed by atoms with van der Waals surface area (Å²) in [5.74, 6) is 3.39. The number of hydrogen-bond donors (Lipinski definition) is 0. The zero-order valence-corrected chi connectivity index (χ0v) is 8.24. The Hall–Kier alpha value is -0.240. The van der Waals surface area contributed by atoms with E-state index in [2.05, 4.69) is 6.58 Å². The fourth-order valence-electron chi connectivity index (χ4n) is 1.56. The van der Waals surface area contributed by atoms with Crippen LogP contribution in [0, 0.1) is 5.92 Å². The molecule has 68 valence electrons. The quantitative estimate of drug-likeness (QED) is 0.493. The molecule has 1 nitrogen and oxygen atoms in total. The van der Waals surface area contributed by atoms with Crippen LogP contribution in [0.4, 0.5) is 0 Å². The molecule has 12 heavy (non-hydrogen) atoms. The van der Waals surface area contributed by atoms with Crippen LogP contribution < -0.4 is 0 Å². The van der Waals surface area contributed by atoms with Gasteiger partial charge in [-0.15, -0.1) is 0 Å². The van der Waals surface area contributed by atoms with Crippen LogP contribution in [0.3, 0.4) is 0 Å². The van der Waals surface area contributed by atoms with Crippen LogP contribution in [-0.4, -0.2) is 17.8 Å². The predicted octanol–water partition coefficient (Wildman–Crippen LogP) is 2.66. The first kappa shape index (κ1) is 9.85.